The molecule has 1 N–H and O–H groups in total. The van der Waals surface area contributed by atoms with E-state index < -0.39 is 0 Å². The molecule has 0 spiro atoms. The SMILES string of the molecule is O=C(CBr)NCSCS. The van der Waals surface area contributed by atoms with E-state index >= 15 is 0 Å². The third-order valence-electron chi connectivity index (χ3n) is 0.584. The van der Waals surface area contributed by atoms with Crippen molar-refractivity contribution in [2.24, 2.45) is 0 Å². The Morgan fingerprint density at radius 1 is 1.78 bits per heavy atom. The van der Waals surface area contributed by atoms with Gasteiger partial charge in [0, 0.05) is 5.08 Å². The van der Waals surface area contributed by atoms with E-state index in [-0.39, 0.29) is 5.91 Å². The smallest absolute Gasteiger partial charge is 0.231 e. The zero-order valence-corrected chi connectivity index (χ0v) is 8.06. The lowest BCUT2D eigenvalue weighted by molar-refractivity contribution is -0.118. The lowest BCUT2D eigenvalue weighted by Gasteiger charge is -1.98. The van der Waals surface area contributed by atoms with E-state index in [1.165, 1.54) is 0 Å². The van der Waals surface area contributed by atoms with Crippen LogP contribution in [0.3, 0.4) is 0 Å². The zero-order chi connectivity index (χ0) is 7.11. The van der Waals surface area contributed by atoms with Crippen molar-refractivity contribution in [3.8, 4) is 0 Å². The summed E-state index contributed by atoms with van der Waals surface area (Å²) in [5.74, 6) is 0.665. The highest BCUT2D eigenvalue weighted by Crippen LogP contribution is 1.97. The lowest BCUT2D eigenvalue weighted by atomic mass is 10.7. The minimum Gasteiger partial charge on any atom is -0.346 e. The quantitative estimate of drug-likeness (QED) is 0.327. The van der Waals surface area contributed by atoms with Crippen molar-refractivity contribution in [2.75, 3.05) is 16.3 Å². The summed E-state index contributed by atoms with van der Waals surface area (Å²) in [4.78, 5) is 10.5. The van der Waals surface area contributed by atoms with Crippen molar-refractivity contribution in [3.05, 3.63) is 0 Å². The third kappa shape index (κ3) is 6.54. The molecule has 0 aliphatic carbocycles. The van der Waals surface area contributed by atoms with Crippen LogP contribution in [-0.2, 0) is 4.79 Å². The van der Waals surface area contributed by atoms with Gasteiger partial charge in [-0.1, -0.05) is 15.9 Å². The number of rotatable bonds is 4. The van der Waals surface area contributed by atoms with E-state index in [0.717, 1.165) is 5.08 Å². The van der Waals surface area contributed by atoms with Gasteiger partial charge in [0.15, 0.2) is 0 Å². The lowest BCUT2D eigenvalue weighted by Crippen LogP contribution is -2.23. The van der Waals surface area contributed by atoms with Gasteiger partial charge in [-0.25, -0.2) is 0 Å². The van der Waals surface area contributed by atoms with E-state index in [4.69, 9.17) is 0 Å². The molecule has 9 heavy (non-hydrogen) atoms. The van der Waals surface area contributed by atoms with Gasteiger partial charge < -0.3 is 5.32 Å². The van der Waals surface area contributed by atoms with Crippen LogP contribution in [0.15, 0.2) is 0 Å². The molecule has 0 saturated heterocycles. The highest BCUT2D eigenvalue weighted by Gasteiger charge is 1.93. The van der Waals surface area contributed by atoms with E-state index in [0.29, 0.717) is 11.2 Å². The van der Waals surface area contributed by atoms with Crippen molar-refractivity contribution in [2.45, 2.75) is 0 Å². The predicted octanol–water partition coefficient (Wildman–Crippen LogP) is 1.08. The molecular weight excluding hydrogens is 222 g/mol. The van der Waals surface area contributed by atoms with Crippen LogP contribution in [0.5, 0.6) is 0 Å². The van der Waals surface area contributed by atoms with Gasteiger partial charge in [0.05, 0.1) is 11.2 Å². The number of halogens is 1. The fraction of sp³-hybridized carbons (Fsp3) is 0.750. The molecule has 0 aromatic heterocycles. The van der Waals surface area contributed by atoms with Gasteiger partial charge in [-0.2, -0.15) is 12.6 Å². The molecule has 0 rings (SSSR count). The molecule has 5 heteroatoms. The van der Waals surface area contributed by atoms with Gasteiger partial charge in [0.25, 0.3) is 0 Å². The molecule has 0 aromatic rings. The summed E-state index contributed by atoms with van der Waals surface area (Å²) in [6.45, 7) is 0. The molecule has 0 heterocycles. The first kappa shape index (κ1) is 9.65. The van der Waals surface area contributed by atoms with Crippen molar-refractivity contribution in [3.63, 3.8) is 0 Å². The van der Waals surface area contributed by atoms with Gasteiger partial charge in [-0.05, 0) is 0 Å². The van der Waals surface area contributed by atoms with E-state index in [9.17, 15) is 4.79 Å². The largest absolute Gasteiger partial charge is 0.346 e. The predicted molar refractivity (Wildman–Crippen MR) is 48.2 cm³/mol. The minimum absolute atomic E-state index is 0.0179. The number of alkyl halides is 1. The summed E-state index contributed by atoms with van der Waals surface area (Å²) in [5.41, 5.74) is 0. The maximum atomic E-state index is 10.5. The second-order valence-electron chi connectivity index (χ2n) is 1.21. The Bertz CT molecular complexity index is 90.6. The van der Waals surface area contributed by atoms with Crippen LogP contribution in [0.1, 0.15) is 0 Å². The van der Waals surface area contributed by atoms with Crippen LogP contribution >= 0.6 is 40.3 Å². The average molecular weight is 230 g/mol. The van der Waals surface area contributed by atoms with E-state index in [1.54, 1.807) is 11.8 Å². The maximum absolute atomic E-state index is 10.5. The Balaban J connectivity index is 2.97. The van der Waals surface area contributed by atoms with Crippen LogP contribution in [0, 0.1) is 0 Å². The van der Waals surface area contributed by atoms with E-state index in [2.05, 4.69) is 33.9 Å². The normalized spacial score (nSPS) is 9.11. The Labute approximate surface area is 72.7 Å². The Morgan fingerprint density at radius 3 is 2.89 bits per heavy atom. The first-order valence-electron chi connectivity index (χ1n) is 2.32. The Hall–Kier alpha value is 0.650. The number of hydrogen-bond acceptors (Lipinski definition) is 3. The summed E-state index contributed by atoms with van der Waals surface area (Å²) in [5, 5.41) is 3.78. The van der Waals surface area contributed by atoms with Crippen molar-refractivity contribution in [1.29, 1.82) is 0 Å². The van der Waals surface area contributed by atoms with Gasteiger partial charge >= 0.3 is 0 Å². The second-order valence-corrected chi connectivity index (χ2v) is 3.50. The zero-order valence-electron chi connectivity index (χ0n) is 4.76. The number of amides is 1. The monoisotopic (exact) mass is 229 g/mol. The molecule has 0 fully saturated rings. The standard InChI is InChI=1S/C4H8BrNOS2/c5-1-4(7)6-2-9-3-8/h8H,1-3H2,(H,6,7). The van der Waals surface area contributed by atoms with Gasteiger partial charge in [0.2, 0.25) is 5.91 Å². The van der Waals surface area contributed by atoms with Gasteiger partial charge in [-0.15, -0.1) is 11.8 Å². The molecular formula is C4H8BrNOS2. The van der Waals surface area contributed by atoms with E-state index in [1.807, 2.05) is 0 Å². The summed E-state index contributed by atoms with van der Waals surface area (Å²) >= 11 is 8.54. The van der Waals surface area contributed by atoms with Gasteiger partial charge in [-0.3, -0.25) is 4.79 Å². The number of thioether (sulfide) groups is 1. The number of nitrogens with one attached hydrogen (secondary N) is 1. The molecule has 0 radical (unpaired) electrons. The molecule has 1 amide bonds. The van der Waals surface area contributed by atoms with Crippen LogP contribution in [0.2, 0.25) is 0 Å². The molecule has 0 unspecified atom stereocenters. The fourth-order valence-corrected chi connectivity index (χ4v) is 1.05. The van der Waals surface area contributed by atoms with Crippen LogP contribution in [-0.4, -0.2) is 22.2 Å². The van der Waals surface area contributed by atoms with Gasteiger partial charge in [0.1, 0.15) is 0 Å². The first-order valence-corrected chi connectivity index (χ1v) is 5.23. The van der Waals surface area contributed by atoms with Crippen molar-refractivity contribution < 1.29 is 4.79 Å². The number of hydrogen-bond donors (Lipinski definition) is 2. The maximum Gasteiger partial charge on any atom is 0.231 e. The molecule has 54 valence electrons. The average Bonchev–Trinajstić information content (AvgIpc) is 1.89. The van der Waals surface area contributed by atoms with Crippen LogP contribution in [0.25, 0.3) is 0 Å². The molecule has 0 aliphatic rings. The minimum atomic E-state index is 0.0179. The highest BCUT2D eigenvalue weighted by atomic mass is 79.9. The topological polar surface area (TPSA) is 29.1 Å². The summed E-state index contributed by atoms with van der Waals surface area (Å²) in [6.07, 6.45) is 0. The third-order valence-corrected chi connectivity index (χ3v) is 2.17. The summed E-state index contributed by atoms with van der Waals surface area (Å²) in [6, 6.07) is 0. The summed E-state index contributed by atoms with van der Waals surface area (Å²) < 4.78 is 0. The van der Waals surface area contributed by atoms with Crippen molar-refractivity contribution in [1.82, 2.24) is 5.32 Å². The molecule has 0 aromatic carbocycles. The molecule has 0 aliphatic heterocycles. The molecule has 0 atom stereocenters. The van der Waals surface area contributed by atoms with Crippen LogP contribution in [0.4, 0.5) is 0 Å². The van der Waals surface area contributed by atoms with Crippen LogP contribution < -0.4 is 5.32 Å². The second kappa shape index (κ2) is 6.77. The van der Waals surface area contributed by atoms with Crippen molar-refractivity contribution >= 4 is 46.2 Å². The molecule has 0 saturated carbocycles. The first-order chi connectivity index (χ1) is 4.31. The molecule has 2 nitrogen and oxygen atoms in total. The number of carbonyl (C=O) groups is 1. The number of carbonyl (C=O) groups excluding carboxylic acids is 1. The summed E-state index contributed by atoms with van der Waals surface area (Å²) in [7, 11) is 0. The highest BCUT2D eigenvalue weighted by molar-refractivity contribution is 9.09. The fourth-order valence-electron chi connectivity index (χ4n) is 0.224. The Morgan fingerprint density at radius 2 is 2.44 bits per heavy atom. The molecule has 0 bridgehead atoms. The Kier molecular flexibility index (Phi) is 7.25. The number of thiol groups is 1.